The van der Waals surface area contributed by atoms with Gasteiger partial charge in [-0.25, -0.2) is 9.97 Å². The molecule has 1 aliphatic heterocycles. The summed E-state index contributed by atoms with van der Waals surface area (Å²) in [5, 5.41) is 12.3. The average molecular weight is 444 g/mol. The molecule has 0 atom stereocenters. The zero-order chi connectivity index (χ0) is 22.9. The number of halogens is 3. The summed E-state index contributed by atoms with van der Waals surface area (Å²) in [5.74, 6) is 0.192. The zero-order valence-corrected chi connectivity index (χ0v) is 17.1. The number of hydrogen-bond acceptors (Lipinski definition) is 6. The Morgan fingerprint density at radius 1 is 1.28 bits per heavy atom. The van der Waals surface area contributed by atoms with Crippen LogP contribution in [-0.2, 0) is 17.5 Å². The highest BCUT2D eigenvalue weighted by molar-refractivity contribution is 5.84. The normalized spacial score (nSPS) is 14.9. The summed E-state index contributed by atoms with van der Waals surface area (Å²) in [6.45, 7) is 3.49. The molecule has 0 aliphatic carbocycles. The number of alkyl halides is 3. The highest BCUT2D eigenvalue weighted by atomic mass is 19.4. The number of carbonyl (C=O) groups is 1. The summed E-state index contributed by atoms with van der Waals surface area (Å²) in [6, 6.07) is 7.21. The van der Waals surface area contributed by atoms with Gasteiger partial charge in [0.15, 0.2) is 5.69 Å². The van der Waals surface area contributed by atoms with Crippen LogP contribution in [-0.4, -0.2) is 52.0 Å². The van der Waals surface area contributed by atoms with Crippen molar-refractivity contribution in [3.8, 4) is 23.1 Å². The van der Waals surface area contributed by atoms with Crippen molar-refractivity contribution in [3.63, 3.8) is 0 Å². The molecule has 3 heterocycles. The van der Waals surface area contributed by atoms with Gasteiger partial charge >= 0.3 is 6.18 Å². The number of ether oxygens (including phenoxy) is 1. The van der Waals surface area contributed by atoms with Crippen molar-refractivity contribution < 1.29 is 22.7 Å². The monoisotopic (exact) mass is 444 g/mol. The Morgan fingerprint density at radius 2 is 2.09 bits per heavy atom. The van der Waals surface area contributed by atoms with Crippen LogP contribution < -0.4 is 10.1 Å². The average Bonchev–Trinajstić information content (AvgIpc) is 3.15. The molecule has 4 rings (SSSR count). The van der Waals surface area contributed by atoms with Gasteiger partial charge in [0.1, 0.15) is 23.2 Å². The third-order valence-electron chi connectivity index (χ3n) is 5.00. The first kappa shape index (κ1) is 21.6. The van der Waals surface area contributed by atoms with Gasteiger partial charge in [-0.05, 0) is 31.2 Å². The maximum atomic E-state index is 13.5. The van der Waals surface area contributed by atoms with E-state index in [0.717, 1.165) is 6.07 Å². The number of amides is 1. The van der Waals surface area contributed by atoms with Gasteiger partial charge in [0, 0.05) is 18.7 Å². The molecule has 0 radical (unpaired) electrons. The largest absolute Gasteiger partial charge is 0.493 e. The van der Waals surface area contributed by atoms with Crippen molar-refractivity contribution >= 4 is 16.9 Å². The number of nitrogens with zero attached hydrogens (tertiary/aromatic N) is 4. The third kappa shape index (κ3) is 4.36. The second-order valence-electron chi connectivity index (χ2n) is 7.25. The predicted molar refractivity (Wildman–Crippen MR) is 108 cm³/mol. The van der Waals surface area contributed by atoms with E-state index in [9.17, 15) is 23.2 Å². The maximum Gasteiger partial charge on any atom is 0.419 e. The third-order valence-corrected chi connectivity index (χ3v) is 5.00. The Hall–Kier alpha value is -3.65. The molecule has 1 saturated heterocycles. The molecule has 0 bridgehead atoms. The molecule has 1 fully saturated rings. The lowest BCUT2D eigenvalue weighted by Gasteiger charge is -2.25. The van der Waals surface area contributed by atoms with E-state index in [4.69, 9.17) is 4.74 Å². The number of piperazine rings is 1. The number of aromatic amines is 1. The summed E-state index contributed by atoms with van der Waals surface area (Å²) in [6.07, 6.45) is -4.61. The Bertz CT molecular complexity index is 1210. The molecular formula is C21H19F3N6O2. The predicted octanol–water partition coefficient (Wildman–Crippen LogP) is 2.85. The molecule has 166 valence electrons. The first-order valence-corrected chi connectivity index (χ1v) is 9.91. The molecule has 0 spiro atoms. The van der Waals surface area contributed by atoms with E-state index in [0.29, 0.717) is 36.5 Å². The Labute approximate surface area is 181 Å². The highest BCUT2D eigenvalue weighted by Gasteiger charge is 2.35. The first-order chi connectivity index (χ1) is 15.3. The fourth-order valence-electron chi connectivity index (χ4n) is 3.60. The van der Waals surface area contributed by atoms with E-state index in [1.165, 1.54) is 12.1 Å². The fraction of sp³-hybridized carbons (Fsp3) is 0.333. The molecule has 3 aromatic rings. The lowest BCUT2D eigenvalue weighted by molar-refractivity contribution is -0.138. The van der Waals surface area contributed by atoms with Gasteiger partial charge in [-0.2, -0.15) is 18.4 Å². The number of imidazole rings is 1. The molecule has 0 saturated carbocycles. The van der Waals surface area contributed by atoms with Gasteiger partial charge in [0.05, 0.1) is 36.5 Å². The van der Waals surface area contributed by atoms with Crippen LogP contribution in [0.5, 0.6) is 5.75 Å². The number of fused-ring (bicyclic) bond motifs is 1. The van der Waals surface area contributed by atoms with Crippen LogP contribution in [0.3, 0.4) is 0 Å². The SMILES string of the molecule is CCOc1ccc(-c2cc3[nH]c(CN4CCNC(=O)C4)nc3c(C#N)n2)cc1C(F)(F)F. The molecule has 1 aliphatic rings. The van der Waals surface area contributed by atoms with Crippen LogP contribution in [0.15, 0.2) is 24.3 Å². The zero-order valence-electron chi connectivity index (χ0n) is 17.1. The van der Waals surface area contributed by atoms with Crippen molar-refractivity contribution in [3.05, 3.63) is 41.3 Å². The molecule has 32 heavy (non-hydrogen) atoms. The van der Waals surface area contributed by atoms with E-state index in [1.54, 1.807) is 13.0 Å². The number of hydrogen-bond donors (Lipinski definition) is 2. The number of nitrogens with one attached hydrogen (secondary N) is 2. The Kier molecular flexibility index (Phi) is 5.71. The minimum absolute atomic E-state index is 0.00108. The minimum Gasteiger partial charge on any atom is -0.493 e. The van der Waals surface area contributed by atoms with Gasteiger partial charge in [-0.15, -0.1) is 0 Å². The second kappa shape index (κ2) is 8.47. The Balaban J connectivity index is 1.72. The number of pyridine rings is 1. The van der Waals surface area contributed by atoms with Crippen molar-refractivity contribution in [2.45, 2.75) is 19.6 Å². The lowest BCUT2D eigenvalue weighted by atomic mass is 10.1. The van der Waals surface area contributed by atoms with Gasteiger partial charge < -0.3 is 15.0 Å². The standard InChI is InChI=1S/C21H19F3N6O2/c1-2-32-17-4-3-12(7-13(17)21(22,23)24)14-8-15-20(16(9-25)27-14)29-18(28-15)10-30-6-5-26-19(31)11-30/h3-4,7-8H,2,5-6,10-11H2,1H3,(H,26,31)(H,28,29). The molecule has 0 unspecified atom stereocenters. The van der Waals surface area contributed by atoms with E-state index in [1.807, 2.05) is 11.0 Å². The lowest BCUT2D eigenvalue weighted by Crippen LogP contribution is -2.47. The number of aromatic nitrogens is 3. The van der Waals surface area contributed by atoms with E-state index >= 15 is 0 Å². The number of carbonyl (C=O) groups excluding carboxylic acids is 1. The van der Waals surface area contributed by atoms with Crippen LogP contribution in [0.4, 0.5) is 13.2 Å². The van der Waals surface area contributed by atoms with Crippen molar-refractivity contribution in [2.75, 3.05) is 26.2 Å². The molecule has 2 N–H and O–H groups in total. The van der Waals surface area contributed by atoms with E-state index in [-0.39, 0.29) is 41.8 Å². The quantitative estimate of drug-likeness (QED) is 0.627. The number of H-pyrrole nitrogens is 1. The highest BCUT2D eigenvalue weighted by Crippen LogP contribution is 2.39. The first-order valence-electron chi connectivity index (χ1n) is 9.91. The topological polar surface area (TPSA) is 107 Å². The smallest absolute Gasteiger partial charge is 0.419 e. The number of nitriles is 1. The van der Waals surface area contributed by atoms with Gasteiger partial charge in [-0.1, -0.05) is 0 Å². The summed E-state index contributed by atoms with van der Waals surface area (Å²) >= 11 is 0. The summed E-state index contributed by atoms with van der Waals surface area (Å²) in [7, 11) is 0. The van der Waals surface area contributed by atoms with Crippen LogP contribution >= 0.6 is 0 Å². The van der Waals surface area contributed by atoms with Gasteiger partial charge in [-0.3, -0.25) is 9.69 Å². The summed E-state index contributed by atoms with van der Waals surface area (Å²) in [4.78, 5) is 25.2. The molecule has 2 aromatic heterocycles. The van der Waals surface area contributed by atoms with Gasteiger partial charge in [0.2, 0.25) is 5.91 Å². The molecule has 1 amide bonds. The molecule has 11 heteroatoms. The summed E-state index contributed by atoms with van der Waals surface area (Å²) in [5.41, 5.74) is 0.295. The molecule has 8 nitrogen and oxygen atoms in total. The molecule has 1 aromatic carbocycles. The second-order valence-corrected chi connectivity index (χ2v) is 7.25. The van der Waals surface area contributed by atoms with Crippen LogP contribution in [0.2, 0.25) is 0 Å². The van der Waals surface area contributed by atoms with E-state index in [2.05, 4.69) is 20.3 Å². The Morgan fingerprint density at radius 3 is 2.78 bits per heavy atom. The van der Waals surface area contributed by atoms with Crippen molar-refractivity contribution in [1.29, 1.82) is 5.26 Å². The van der Waals surface area contributed by atoms with E-state index < -0.39 is 11.7 Å². The number of benzene rings is 1. The maximum absolute atomic E-state index is 13.5. The van der Waals surface area contributed by atoms with Crippen molar-refractivity contribution in [2.24, 2.45) is 0 Å². The number of rotatable bonds is 5. The van der Waals surface area contributed by atoms with Gasteiger partial charge in [0.25, 0.3) is 0 Å². The fourth-order valence-corrected chi connectivity index (χ4v) is 3.60. The molecular weight excluding hydrogens is 425 g/mol. The van der Waals surface area contributed by atoms with Crippen LogP contribution in [0.25, 0.3) is 22.3 Å². The van der Waals surface area contributed by atoms with Crippen LogP contribution in [0, 0.1) is 11.3 Å². The van der Waals surface area contributed by atoms with Crippen LogP contribution in [0.1, 0.15) is 24.0 Å². The van der Waals surface area contributed by atoms with Crippen molar-refractivity contribution in [1.82, 2.24) is 25.2 Å². The minimum atomic E-state index is -4.61. The summed E-state index contributed by atoms with van der Waals surface area (Å²) < 4.78 is 45.7.